The van der Waals surface area contributed by atoms with E-state index in [2.05, 4.69) is 30.9 Å². The Labute approximate surface area is 119 Å². The van der Waals surface area contributed by atoms with Gasteiger partial charge in [0.1, 0.15) is 12.0 Å². The van der Waals surface area contributed by atoms with E-state index in [1.807, 2.05) is 6.20 Å². The minimum absolute atomic E-state index is 0.777. The van der Waals surface area contributed by atoms with Crippen LogP contribution in [0.5, 0.6) is 0 Å². The highest BCUT2D eigenvalue weighted by atomic mass is 15.3. The first kappa shape index (κ1) is 12.3. The maximum absolute atomic E-state index is 4.26. The SMILES string of the molecule is c1ncc2c(CN3CC[C@H](N4CCCC4)C3)c[nH]c2n1. The van der Waals surface area contributed by atoms with Gasteiger partial charge in [0, 0.05) is 43.5 Å². The smallest absolute Gasteiger partial charge is 0.140 e. The molecule has 0 saturated carbocycles. The van der Waals surface area contributed by atoms with Gasteiger partial charge in [0.25, 0.3) is 0 Å². The summed E-state index contributed by atoms with van der Waals surface area (Å²) in [5, 5.41) is 1.16. The Morgan fingerprint density at radius 2 is 2.15 bits per heavy atom. The van der Waals surface area contributed by atoms with Crippen LogP contribution >= 0.6 is 0 Å². The summed E-state index contributed by atoms with van der Waals surface area (Å²) in [6, 6.07) is 0.777. The van der Waals surface area contributed by atoms with Crippen LogP contribution in [0.2, 0.25) is 0 Å². The van der Waals surface area contributed by atoms with Crippen LogP contribution in [0.1, 0.15) is 24.8 Å². The zero-order chi connectivity index (χ0) is 13.4. The monoisotopic (exact) mass is 271 g/mol. The molecule has 5 heteroatoms. The van der Waals surface area contributed by atoms with Gasteiger partial charge in [0.05, 0.1) is 0 Å². The first-order chi connectivity index (χ1) is 9.90. The zero-order valence-electron chi connectivity index (χ0n) is 11.8. The van der Waals surface area contributed by atoms with Gasteiger partial charge in [-0.2, -0.15) is 0 Å². The lowest BCUT2D eigenvalue weighted by Gasteiger charge is -2.23. The lowest BCUT2D eigenvalue weighted by molar-refractivity contribution is 0.230. The largest absolute Gasteiger partial charge is 0.346 e. The van der Waals surface area contributed by atoms with Crippen LogP contribution < -0.4 is 0 Å². The van der Waals surface area contributed by atoms with E-state index in [0.717, 1.165) is 23.6 Å². The molecule has 20 heavy (non-hydrogen) atoms. The van der Waals surface area contributed by atoms with E-state index in [9.17, 15) is 0 Å². The molecule has 2 saturated heterocycles. The summed E-state index contributed by atoms with van der Waals surface area (Å²) in [6.07, 6.45) is 9.69. The van der Waals surface area contributed by atoms with Gasteiger partial charge in [-0.1, -0.05) is 0 Å². The summed E-state index contributed by atoms with van der Waals surface area (Å²) in [7, 11) is 0. The summed E-state index contributed by atoms with van der Waals surface area (Å²) >= 11 is 0. The number of hydrogen-bond acceptors (Lipinski definition) is 4. The van der Waals surface area contributed by atoms with Gasteiger partial charge in [0.2, 0.25) is 0 Å². The highest BCUT2D eigenvalue weighted by Crippen LogP contribution is 2.23. The van der Waals surface area contributed by atoms with E-state index in [-0.39, 0.29) is 0 Å². The molecule has 106 valence electrons. The second-order valence-electron chi connectivity index (χ2n) is 6.02. The lowest BCUT2D eigenvalue weighted by Crippen LogP contribution is -2.35. The molecular weight excluding hydrogens is 250 g/mol. The van der Waals surface area contributed by atoms with Crippen LogP contribution in [-0.4, -0.2) is 57.0 Å². The molecule has 0 spiro atoms. The van der Waals surface area contributed by atoms with Gasteiger partial charge in [0.15, 0.2) is 0 Å². The lowest BCUT2D eigenvalue weighted by atomic mass is 10.2. The van der Waals surface area contributed by atoms with Gasteiger partial charge >= 0.3 is 0 Å². The average molecular weight is 271 g/mol. The molecule has 2 aromatic rings. The molecule has 2 aromatic heterocycles. The number of nitrogens with one attached hydrogen (secondary N) is 1. The zero-order valence-corrected chi connectivity index (χ0v) is 11.8. The maximum Gasteiger partial charge on any atom is 0.140 e. The van der Waals surface area contributed by atoms with Crippen LogP contribution in [0.4, 0.5) is 0 Å². The Kier molecular flexibility index (Phi) is 3.16. The number of fused-ring (bicyclic) bond motifs is 1. The topological polar surface area (TPSA) is 48.1 Å². The normalized spacial score (nSPS) is 24.9. The molecule has 0 amide bonds. The molecule has 2 aliphatic rings. The van der Waals surface area contributed by atoms with E-state index in [1.165, 1.54) is 51.0 Å². The molecular formula is C15H21N5. The predicted molar refractivity (Wildman–Crippen MR) is 78.4 cm³/mol. The second-order valence-corrected chi connectivity index (χ2v) is 6.02. The third kappa shape index (κ3) is 2.21. The minimum atomic E-state index is 0.777. The fourth-order valence-electron chi connectivity index (χ4n) is 3.65. The number of H-pyrrole nitrogens is 1. The Morgan fingerprint density at radius 3 is 3.05 bits per heavy atom. The van der Waals surface area contributed by atoms with Crippen LogP contribution in [0.3, 0.4) is 0 Å². The summed E-state index contributed by atoms with van der Waals surface area (Å²) < 4.78 is 0. The van der Waals surface area contributed by atoms with E-state index in [4.69, 9.17) is 0 Å². The Morgan fingerprint density at radius 1 is 1.25 bits per heavy atom. The van der Waals surface area contributed by atoms with Crippen molar-refractivity contribution in [3.8, 4) is 0 Å². The van der Waals surface area contributed by atoms with Crippen molar-refractivity contribution in [2.45, 2.75) is 31.8 Å². The number of aromatic nitrogens is 3. The highest BCUT2D eigenvalue weighted by molar-refractivity contribution is 5.78. The van der Waals surface area contributed by atoms with E-state index in [1.54, 1.807) is 6.33 Å². The van der Waals surface area contributed by atoms with Crippen LogP contribution in [0.15, 0.2) is 18.7 Å². The molecule has 0 unspecified atom stereocenters. The van der Waals surface area contributed by atoms with Gasteiger partial charge in [-0.05, 0) is 37.9 Å². The summed E-state index contributed by atoms with van der Waals surface area (Å²) in [4.78, 5) is 16.9. The van der Waals surface area contributed by atoms with Crippen molar-refractivity contribution in [1.29, 1.82) is 0 Å². The molecule has 4 rings (SSSR count). The number of nitrogens with zero attached hydrogens (tertiary/aromatic N) is 4. The fourth-order valence-corrected chi connectivity index (χ4v) is 3.65. The number of aromatic amines is 1. The molecule has 2 fully saturated rings. The quantitative estimate of drug-likeness (QED) is 0.921. The standard InChI is InChI=1S/C15H21N5/c1-2-5-20(4-1)13-3-6-19(10-13)9-12-7-17-15-14(12)8-16-11-18-15/h7-8,11,13H,1-6,9-10H2,(H,16,17,18)/t13-/m0/s1. The number of hydrogen-bond donors (Lipinski definition) is 1. The molecule has 0 aliphatic carbocycles. The highest BCUT2D eigenvalue weighted by Gasteiger charge is 2.29. The van der Waals surface area contributed by atoms with E-state index in [0.29, 0.717) is 0 Å². The van der Waals surface area contributed by atoms with Crippen molar-refractivity contribution in [3.63, 3.8) is 0 Å². The molecule has 0 radical (unpaired) electrons. The number of rotatable bonds is 3. The predicted octanol–water partition coefficient (Wildman–Crippen LogP) is 1.63. The number of likely N-dealkylation sites (tertiary alicyclic amines) is 2. The van der Waals surface area contributed by atoms with Crippen molar-refractivity contribution >= 4 is 11.0 Å². The third-order valence-electron chi connectivity index (χ3n) is 4.74. The van der Waals surface area contributed by atoms with Crippen LogP contribution in [-0.2, 0) is 6.54 Å². The van der Waals surface area contributed by atoms with Crippen molar-refractivity contribution < 1.29 is 0 Å². The molecule has 0 aromatic carbocycles. The van der Waals surface area contributed by atoms with Gasteiger partial charge < -0.3 is 4.98 Å². The van der Waals surface area contributed by atoms with Gasteiger partial charge in [-0.3, -0.25) is 9.80 Å². The molecule has 1 N–H and O–H groups in total. The minimum Gasteiger partial charge on any atom is -0.346 e. The van der Waals surface area contributed by atoms with Crippen LogP contribution in [0.25, 0.3) is 11.0 Å². The fraction of sp³-hybridized carbons (Fsp3) is 0.600. The van der Waals surface area contributed by atoms with Crippen molar-refractivity contribution in [3.05, 3.63) is 24.3 Å². The second kappa shape index (κ2) is 5.14. The summed E-state index contributed by atoms with van der Waals surface area (Å²) in [5.41, 5.74) is 2.27. The van der Waals surface area contributed by atoms with Gasteiger partial charge in [-0.25, -0.2) is 9.97 Å². The van der Waals surface area contributed by atoms with E-state index < -0.39 is 0 Å². The van der Waals surface area contributed by atoms with Crippen molar-refractivity contribution in [1.82, 2.24) is 24.8 Å². The Hall–Kier alpha value is -1.46. The van der Waals surface area contributed by atoms with Gasteiger partial charge in [-0.15, -0.1) is 0 Å². The molecule has 2 aliphatic heterocycles. The molecule has 5 nitrogen and oxygen atoms in total. The van der Waals surface area contributed by atoms with E-state index >= 15 is 0 Å². The Balaban J connectivity index is 1.44. The maximum atomic E-state index is 4.26. The first-order valence-corrected chi connectivity index (χ1v) is 7.62. The third-order valence-corrected chi connectivity index (χ3v) is 4.74. The summed E-state index contributed by atoms with van der Waals surface area (Å²) in [5.74, 6) is 0. The molecule has 0 bridgehead atoms. The van der Waals surface area contributed by atoms with Crippen LogP contribution in [0, 0.1) is 0 Å². The van der Waals surface area contributed by atoms with Crippen molar-refractivity contribution in [2.24, 2.45) is 0 Å². The average Bonchev–Trinajstić information content (AvgIpc) is 3.19. The van der Waals surface area contributed by atoms with Crippen molar-refractivity contribution in [2.75, 3.05) is 26.2 Å². The Bertz CT molecular complexity index is 587. The molecule has 4 heterocycles. The first-order valence-electron chi connectivity index (χ1n) is 7.62. The molecule has 1 atom stereocenters. The summed E-state index contributed by atoms with van der Waals surface area (Å²) in [6.45, 7) is 6.04.